The van der Waals surface area contributed by atoms with Gasteiger partial charge in [-0.2, -0.15) is 15.0 Å². The van der Waals surface area contributed by atoms with E-state index < -0.39 is 5.60 Å². The molecule has 0 bridgehead atoms. The van der Waals surface area contributed by atoms with Crippen LogP contribution >= 0.6 is 0 Å². The van der Waals surface area contributed by atoms with Gasteiger partial charge in [-0.25, -0.2) is 0 Å². The van der Waals surface area contributed by atoms with Crippen LogP contribution < -0.4 is 0 Å². The van der Waals surface area contributed by atoms with Crippen molar-refractivity contribution in [1.82, 2.24) is 15.0 Å². The highest BCUT2D eigenvalue weighted by Gasteiger charge is 2.51. The van der Waals surface area contributed by atoms with Crippen molar-refractivity contribution in [2.75, 3.05) is 13.2 Å². The first-order valence-corrected chi connectivity index (χ1v) is 4.63. The molecule has 1 aliphatic heterocycles. The Morgan fingerprint density at radius 3 is 2.64 bits per heavy atom. The minimum atomic E-state index is -1.01. The Kier molecular flexibility index (Phi) is 1.90. The van der Waals surface area contributed by atoms with Gasteiger partial charge in [-0.15, -0.1) is 0 Å². The number of aliphatic hydroxyl groups is 1. The van der Waals surface area contributed by atoms with Crippen LogP contribution in [-0.4, -0.2) is 33.3 Å². The molecule has 0 radical (unpaired) electrons. The molecule has 5 nitrogen and oxygen atoms in total. The van der Waals surface area contributed by atoms with Gasteiger partial charge in [0.25, 0.3) is 0 Å². The Bertz CT molecular complexity index is 348. The third-order valence-corrected chi connectivity index (χ3v) is 2.92. The second-order valence-corrected chi connectivity index (χ2v) is 4.46. The van der Waals surface area contributed by atoms with Crippen molar-refractivity contribution in [2.45, 2.75) is 19.4 Å². The summed E-state index contributed by atoms with van der Waals surface area (Å²) >= 11 is 0. The zero-order valence-electron chi connectivity index (χ0n) is 8.69. The summed E-state index contributed by atoms with van der Waals surface area (Å²) in [6, 6.07) is 0. The second-order valence-electron chi connectivity index (χ2n) is 4.46. The Labute approximate surface area is 82.7 Å². The highest BCUT2D eigenvalue weighted by atomic mass is 16.5. The summed E-state index contributed by atoms with van der Waals surface area (Å²) in [5, 5.41) is 18.6. The fourth-order valence-corrected chi connectivity index (χ4v) is 1.72. The number of hydrogen-bond donors (Lipinski definition) is 1. The smallest absolute Gasteiger partial charge is 0.140 e. The van der Waals surface area contributed by atoms with Gasteiger partial charge in [0.15, 0.2) is 0 Å². The lowest BCUT2D eigenvalue weighted by Gasteiger charge is -2.32. The number of aromatic nitrogens is 3. The largest absolute Gasteiger partial charge is 0.380 e. The lowest BCUT2D eigenvalue weighted by Crippen LogP contribution is -2.41. The summed E-state index contributed by atoms with van der Waals surface area (Å²) in [4.78, 5) is 1.45. The van der Waals surface area contributed by atoms with Crippen LogP contribution in [0.3, 0.4) is 0 Å². The predicted octanol–water partition coefficient (Wildman–Crippen LogP) is 0.0591. The van der Waals surface area contributed by atoms with E-state index in [0.717, 1.165) is 0 Å². The number of ether oxygens (including phenoxy) is 1. The Balaban J connectivity index is 2.41. The SMILES string of the molecule is Cn1ncc(C2(O)COCC2(C)C)n1. The van der Waals surface area contributed by atoms with Crippen molar-refractivity contribution >= 4 is 0 Å². The lowest BCUT2D eigenvalue weighted by molar-refractivity contribution is -0.0423. The maximum Gasteiger partial charge on any atom is 0.140 e. The van der Waals surface area contributed by atoms with Crippen molar-refractivity contribution in [3.05, 3.63) is 11.9 Å². The molecule has 2 rings (SSSR count). The van der Waals surface area contributed by atoms with E-state index in [1.54, 1.807) is 13.2 Å². The first kappa shape index (κ1) is 9.61. The van der Waals surface area contributed by atoms with Gasteiger partial charge in [-0.1, -0.05) is 13.8 Å². The van der Waals surface area contributed by atoms with Gasteiger partial charge in [0.2, 0.25) is 0 Å². The zero-order chi connectivity index (χ0) is 10.4. The molecule has 1 aromatic rings. The molecular formula is C9H15N3O2. The molecule has 1 atom stereocenters. The average Bonchev–Trinajstić information content (AvgIpc) is 2.60. The third kappa shape index (κ3) is 1.16. The highest BCUT2D eigenvalue weighted by Crippen LogP contribution is 2.43. The van der Waals surface area contributed by atoms with Crippen LogP contribution in [0, 0.1) is 5.41 Å². The molecule has 1 aromatic heterocycles. The molecule has 14 heavy (non-hydrogen) atoms. The molecule has 5 heteroatoms. The van der Waals surface area contributed by atoms with Crippen LogP contribution in [0.1, 0.15) is 19.5 Å². The quantitative estimate of drug-likeness (QED) is 0.691. The maximum atomic E-state index is 10.5. The summed E-state index contributed by atoms with van der Waals surface area (Å²) in [5.41, 5.74) is -0.743. The first-order chi connectivity index (χ1) is 6.46. The summed E-state index contributed by atoms with van der Waals surface area (Å²) in [6.45, 7) is 4.77. The van der Waals surface area contributed by atoms with E-state index in [2.05, 4.69) is 10.2 Å². The molecule has 1 unspecified atom stereocenters. The normalized spacial score (nSPS) is 30.9. The maximum absolute atomic E-state index is 10.5. The highest BCUT2D eigenvalue weighted by molar-refractivity contribution is 5.14. The van der Waals surface area contributed by atoms with Crippen LogP contribution in [0.4, 0.5) is 0 Å². The second kappa shape index (κ2) is 2.77. The standard InChI is InChI=1S/C9H15N3O2/c1-8(2)5-14-6-9(8,13)7-4-10-12(3)11-7/h4,13H,5-6H2,1-3H3. The van der Waals surface area contributed by atoms with Crippen molar-refractivity contribution in [3.63, 3.8) is 0 Å². The minimum Gasteiger partial charge on any atom is -0.380 e. The van der Waals surface area contributed by atoms with Crippen LogP contribution in [0.5, 0.6) is 0 Å². The van der Waals surface area contributed by atoms with Gasteiger partial charge < -0.3 is 9.84 Å². The van der Waals surface area contributed by atoms with E-state index in [1.807, 2.05) is 13.8 Å². The van der Waals surface area contributed by atoms with E-state index in [0.29, 0.717) is 18.9 Å². The van der Waals surface area contributed by atoms with E-state index >= 15 is 0 Å². The molecule has 0 amide bonds. The number of rotatable bonds is 1. The molecule has 1 fully saturated rings. The van der Waals surface area contributed by atoms with E-state index in [9.17, 15) is 5.11 Å². The Hall–Kier alpha value is -0.940. The first-order valence-electron chi connectivity index (χ1n) is 4.63. The summed E-state index contributed by atoms with van der Waals surface area (Å²) in [6.07, 6.45) is 1.59. The zero-order valence-corrected chi connectivity index (χ0v) is 8.69. The van der Waals surface area contributed by atoms with E-state index in [4.69, 9.17) is 4.74 Å². The molecule has 1 N–H and O–H groups in total. The average molecular weight is 197 g/mol. The van der Waals surface area contributed by atoms with Crippen molar-refractivity contribution < 1.29 is 9.84 Å². The van der Waals surface area contributed by atoms with E-state index in [-0.39, 0.29) is 5.41 Å². The Morgan fingerprint density at radius 1 is 1.50 bits per heavy atom. The molecule has 0 aromatic carbocycles. The lowest BCUT2D eigenvalue weighted by atomic mass is 9.76. The van der Waals surface area contributed by atoms with Crippen molar-refractivity contribution in [2.24, 2.45) is 12.5 Å². The van der Waals surface area contributed by atoms with Crippen molar-refractivity contribution in [3.8, 4) is 0 Å². The topological polar surface area (TPSA) is 60.2 Å². The van der Waals surface area contributed by atoms with Gasteiger partial charge in [-0.05, 0) is 0 Å². The summed E-state index contributed by atoms with van der Waals surface area (Å²) < 4.78 is 5.31. The molecule has 0 spiro atoms. The summed E-state index contributed by atoms with van der Waals surface area (Å²) in [7, 11) is 1.73. The van der Waals surface area contributed by atoms with E-state index in [1.165, 1.54) is 4.80 Å². The third-order valence-electron chi connectivity index (χ3n) is 2.92. The summed E-state index contributed by atoms with van der Waals surface area (Å²) in [5.74, 6) is 0. The number of nitrogens with zero attached hydrogens (tertiary/aromatic N) is 3. The molecular weight excluding hydrogens is 182 g/mol. The van der Waals surface area contributed by atoms with Gasteiger partial charge in [0.05, 0.1) is 19.4 Å². The van der Waals surface area contributed by atoms with Crippen LogP contribution in [-0.2, 0) is 17.4 Å². The molecule has 0 saturated carbocycles. The fourth-order valence-electron chi connectivity index (χ4n) is 1.72. The monoisotopic (exact) mass is 197 g/mol. The molecule has 0 aliphatic carbocycles. The van der Waals surface area contributed by atoms with Crippen LogP contribution in [0.15, 0.2) is 6.20 Å². The Morgan fingerprint density at radius 2 is 2.21 bits per heavy atom. The number of aryl methyl sites for hydroxylation is 1. The molecule has 2 heterocycles. The van der Waals surface area contributed by atoms with Crippen LogP contribution in [0.25, 0.3) is 0 Å². The minimum absolute atomic E-state index is 0.290. The molecule has 1 aliphatic rings. The number of hydrogen-bond acceptors (Lipinski definition) is 4. The van der Waals surface area contributed by atoms with Gasteiger partial charge in [-0.3, -0.25) is 0 Å². The van der Waals surface area contributed by atoms with Gasteiger partial charge in [0, 0.05) is 12.5 Å². The van der Waals surface area contributed by atoms with Gasteiger partial charge in [0.1, 0.15) is 11.3 Å². The van der Waals surface area contributed by atoms with Crippen LogP contribution in [0.2, 0.25) is 0 Å². The fraction of sp³-hybridized carbons (Fsp3) is 0.778. The predicted molar refractivity (Wildman–Crippen MR) is 49.5 cm³/mol. The van der Waals surface area contributed by atoms with Crippen molar-refractivity contribution in [1.29, 1.82) is 0 Å². The molecule has 78 valence electrons. The van der Waals surface area contributed by atoms with Gasteiger partial charge >= 0.3 is 0 Å². The molecule has 1 saturated heterocycles.